The number of carbonyl (C=O) groups excluding carboxylic acids is 3. The lowest BCUT2D eigenvalue weighted by Gasteiger charge is -2.16. The second-order valence-electron chi connectivity index (χ2n) is 6.57. The number of nitrogens with two attached hydrogens (primary N) is 1. The minimum absolute atomic E-state index is 0.0447. The van der Waals surface area contributed by atoms with Crippen molar-refractivity contribution in [2.75, 3.05) is 5.32 Å². The van der Waals surface area contributed by atoms with Gasteiger partial charge in [0.05, 0.1) is 11.3 Å². The molecule has 0 bridgehead atoms. The number of aryl methyl sites for hydroxylation is 2. The molecular formula is C21H22N2O3. The maximum atomic E-state index is 12.4. The molecule has 1 aliphatic rings. The van der Waals surface area contributed by atoms with E-state index in [1.807, 2.05) is 18.2 Å². The van der Waals surface area contributed by atoms with E-state index in [9.17, 15) is 14.4 Å². The van der Waals surface area contributed by atoms with Crippen LogP contribution in [0.4, 0.5) is 5.69 Å². The summed E-state index contributed by atoms with van der Waals surface area (Å²) in [5.74, 6) is -0.965. The Balaban J connectivity index is 1.59. The number of nitrogens with one attached hydrogen (secondary N) is 1. The van der Waals surface area contributed by atoms with E-state index in [0.29, 0.717) is 11.3 Å². The Morgan fingerprint density at radius 3 is 2.42 bits per heavy atom. The third-order valence-corrected chi connectivity index (χ3v) is 4.72. The Hall–Kier alpha value is -2.95. The fourth-order valence-corrected chi connectivity index (χ4v) is 3.30. The topological polar surface area (TPSA) is 89.3 Å². The van der Waals surface area contributed by atoms with E-state index in [4.69, 9.17) is 5.73 Å². The maximum Gasteiger partial charge on any atom is 0.250 e. The number of hydrogen-bond acceptors (Lipinski definition) is 3. The smallest absolute Gasteiger partial charge is 0.250 e. The molecule has 1 aliphatic carbocycles. The van der Waals surface area contributed by atoms with Crippen LogP contribution < -0.4 is 11.1 Å². The average Bonchev–Trinajstić information content (AvgIpc) is 2.66. The van der Waals surface area contributed by atoms with Gasteiger partial charge in [-0.1, -0.05) is 24.3 Å². The molecule has 0 radical (unpaired) electrons. The van der Waals surface area contributed by atoms with Gasteiger partial charge in [0.15, 0.2) is 5.78 Å². The summed E-state index contributed by atoms with van der Waals surface area (Å²) >= 11 is 0. The van der Waals surface area contributed by atoms with Crippen LogP contribution in [-0.4, -0.2) is 17.6 Å². The highest BCUT2D eigenvalue weighted by atomic mass is 16.2. The Morgan fingerprint density at radius 1 is 0.923 bits per heavy atom. The Kier molecular flexibility index (Phi) is 5.46. The molecule has 0 saturated heterocycles. The SMILES string of the molecule is NC(=O)c1ccccc1NC(=O)CCC(=O)c1ccc2c(c1)CCCC2. The predicted octanol–water partition coefficient (Wildman–Crippen LogP) is 3.27. The number of anilines is 1. The molecule has 5 heteroatoms. The summed E-state index contributed by atoms with van der Waals surface area (Å²) < 4.78 is 0. The zero-order valence-electron chi connectivity index (χ0n) is 14.6. The van der Waals surface area contributed by atoms with Gasteiger partial charge in [0, 0.05) is 18.4 Å². The van der Waals surface area contributed by atoms with Gasteiger partial charge in [0.25, 0.3) is 5.91 Å². The third kappa shape index (κ3) is 4.17. The molecule has 0 fully saturated rings. The van der Waals surface area contributed by atoms with Crippen molar-refractivity contribution in [3.05, 3.63) is 64.7 Å². The molecule has 2 aromatic rings. The molecule has 2 aromatic carbocycles. The number of benzene rings is 2. The molecule has 0 aromatic heterocycles. The van der Waals surface area contributed by atoms with Gasteiger partial charge in [0.1, 0.15) is 0 Å². The number of ketones is 1. The van der Waals surface area contributed by atoms with Gasteiger partial charge in [-0.05, 0) is 55.0 Å². The van der Waals surface area contributed by atoms with Crippen LogP contribution in [0.3, 0.4) is 0 Å². The molecule has 0 atom stereocenters. The molecule has 3 rings (SSSR count). The van der Waals surface area contributed by atoms with Gasteiger partial charge in [-0.15, -0.1) is 0 Å². The highest BCUT2D eigenvalue weighted by Gasteiger charge is 2.15. The van der Waals surface area contributed by atoms with Gasteiger partial charge >= 0.3 is 0 Å². The van der Waals surface area contributed by atoms with Crippen molar-refractivity contribution in [3.63, 3.8) is 0 Å². The van der Waals surface area contributed by atoms with E-state index in [1.165, 1.54) is 17.5 Å². The van der Waals surface area contributed by atoms with Crippen molar-refractivity contribution in [1.82, 2.24) is 0 Å². The third-order valence-electron chi connectivity index (χ3n) is 4.72. The average molecular weight is 350 g/mol. The molecular weight excluding hydrogens is 328 g/mol. The van der Waals surface area contributed by atoms with E-state index >= 15 is 0 Å². The van der Waals surface area contributed by atoms with Crippen molar-refractivity contribution in [3.8, 4) is 0 Å². The highest BCUT2D eigenvalue weighted by molar-refractivity contribution is 6.04. The van der Waals surface area contributed by atoms with Crippen LogP contribution in [0, 0.1) is 0 Å². The fourth-order valence-electron chi connectivity index (χ4n) is 3.30. The van der Waals surface area contributed by atoms with Crippen molar-refractivity contribution >= 4 is 23.3 Å². The predicted molar refractivity (Wildman–Crippen MR) is 100 cm³/mol. The van der Waals surface area contributed by atoms with Crippen molar-refractivity contribution < 1.29 is 14.4 Å². The Bertz CT molecular complexity index is 858. The Morgan fingerprint density at radius 2 is 1.65 bits per heavy atom. The van der Waals surface area contributed by atoms with Gasteiger partial charge < -0.3 is 11.1 Å². The number of amides is 2. The van der Waals surface area contributed by atoms with Crippen LogP contribution >= 0.6 is 0 Å². The van der Waals surface area contributed by atoms with Crippen LogP contribution in [0.25, 0.3) is 0 Å². The first kappa shape index (κ1) is 17.9. The molecule has 2 amide bonds. The number of hydrogen-bond donors (Lipinski definition) is 2. The maximum absolute atomic E-state index is 12.4. The van der Waals surface area contributed by atoms with Crippen molar-refractivity contribution in [2.45, 2.75) is 38.5 Å². The monoisotopic (exact) mass is 350 g/mol. The molecule has 26 heavy (non-hydrogen) atoms. The quantitative estimate of drug-likeness (QED) is 0.784. The first-order valence-electron chi connectivity index (χ1n) is 8.88. The zero-order valence-corrected chi connectivity index (χ0v) is 14.6. The minimum atomic E-state index is -0.606. The first-order valence-corrected chi connectivity index (χ1v) is 8.88. The van der Waals surface area contributed by atoms with Crippen LogP contribution in [0.1, 0.15) is 57.5 Å². The first-order chi connectivity index (χ1) is 12.5. The van der Waals surface area contributed by atoms with E-state index in [0.717, 1.165) is 19.3 Å². The molecule has 0 heterocycles. The summed E-state index contributed by atoms with van der Waals surface area (Å²) in [4.78, 5) is 35.9. The van der Waals surface area contributed by atoms with Gasteiger partial charge in [-0.2, -0.15) is 0 Å². The summed E-state index contributed by atoms with van der Waals surface area (Å²) in [6.07, 6.45) is 4.64. The molecule has 3 N–H and O–H groups in total. The number of Topliss-reactive ketones (excluding diaryl/α,β-unsaturated/α-hetero) is 1. The summed E-state index contributed by atoms with van der Waals surface area (Å²) in [6, 6.07) is 12.4. The molecule has 0 saturated carbocycles. The second-order valence-corrected chi connectivity index (χ2v) is 6.57. The van der Waals surface area contributed by atoms with E-state index in [-0.39, 0.29) is 30.1 Å². The summed E-state index contributed by atoms with van der Waals surface area (Å²) in [5, 5.41) is 2.66. The highest BCUT2D eigenvalue weighted by Crippen LogP contribution is 2.23. The Labute approximate surface area is 152 Å². The van der Waals surface area contributed by atoms with Crippen LogP contribution in [-0.2, 0) is 17.6 Å². The number of fused-ring (bicyclic) bond motifs is 1. The second kappa shape index (κ2) is 7.95. The van der Waals surface area contributed by atoms with Gasteiger partial charge in [-0.3, -0.25) is 14.4 Å². The van der Waals surface area contributed by atoms with Crippen molar-refractivity contribution in [1.29, 1.82) is 0 Å². The number of para-hydroxylation sites is 1. The van der Waals surface area contributed by atoms with Crippen LogP contribution in [0.2, 0.25) is 0 Å². The summed E-state index contributed by atoms with van der Waals surface area (Å²) in [7, 11) is 0. The molecule has 5 nitrogen and oxygen atoms in total. The lowest BCUT2D eigenvalue weighted by molar-refractivity contribution is -0.116. The summed E-state index contributed by atoms with van der Waals surface area (Å²) in [6.45, 7) is 0. The van der Waals surface area contributed by atoms with Gasteiger partial charge in [-0.25, -0.2) is 0 Å². The number of primary amides is 1. The van der Waals surface area contributed by atoms with E-state index < -0.39 is 5.91 Å². The standard InChI is InChI=1S/C21H22N2O3/c22-21(26)17-7-3-4-8-18(17)23-20(25)12-11-19(24)16-10-9-14-5-1-2-6-15(14)13-16/h3-4,7-10,13H,1-2,5-6,11-12H2,(H2,22,26)(H,23,25). The lowest BCUT2D eigenvalue weighted by Crippen LogP contribution is -2.18. The molecule has 0 unspecified atom stereocenters. The lowest BCUT2D eigenvalue weighted by atomic mass is 9.89. The zero-order chi connectivity index (χ0) is 18.5. The van der Waals surface area contributed by atoms with Crippen molar-refractivity contribution in [2.24, 2.45) is 5.73 Å². The molecule has 0 spiro atoms. The summed E-state index contributed by atoms with van der Waals surface area (Å²) in [5.41, 5.74) is 9.16. The minimum Gasteiger partial charge on any atom is -0.366 e. The number of rotatable bonds is 6. The number of carbonyl (C=O) groups is 3. The fraction of sp³-hybridized carbons (Fsp3) is 0.286. The van der Waals surface area contributed by atoms with Crippen LogP contribution in [0.15, 0.2) is 42.5 Å². The normalized spacial score (nSPS) is 12.9. The van der Waals surface area contributed by atoms with Gasteiger partial charge in [0.2, 0.25) is 5.91 Å². The molecule has 0 aliphatic heterocycles. The van der Waals surface area contributed by atoms with Crippen LogP contribution in [0.5, 0.6) is 0 Å². The largest absolute Gasteiger partial charge is 0.366 e. The van der Waals surface area contributed by atoms with E-state index in [2.05, 4.69) is 5.32 Å². The molecule has 134 valence electrons. The van der Waals surface area contributed by atoms with E-state index in [1.54, 1.807) is 24.3 Å².